The van der Waals surface area contributed by atoms with Crippen molar-refractivity contribution in [2.45, 2.75) is 0 Å². The summed E-state index contributed by atoms with van der Waals surface area (Å²) in [6.07, 6.45) is 0. The van der Waals surface area contributed by atoms with Crippen LogP contribution in [0.2, 0.25) is 0 Å². The summed E-state index contributed by atoms with van der Waals surface area (Å²) in [5, 5.41) is 44.2. The standard InChI is InChI=1S/Ag.Fe.3NO3/c;;3*2-1(3)4/q+1;+2;3*-1. The van der Waals surface area contributed by atoms with Gasteiger partial charge in [-0.25, -0.2) is 0 Å². The molecule has 12 nitrogen and oxygen atoms in total. The summed E-state index contributed by atoms with van der Waals surface area (Å²) < 4.78 is 0. The Kier molecular flexibility index (Phi) is 47.4. The van der Waals surface area contributed by atoms with Crippen molar-refractivity contribution in [3.8, 4) is 0 Å². The van der Waals surface area contributed by atoms with Crippen molar-refractivity contribution in [2.75, 3.05) is 0 Å². The monoisotopic (exact) mass is 349 g/mol. The number of nitrogens with zero attached hydrogens (tertiary/aromatic N) is 3. The van der Waals surface area contributed by atoms with Gasteiger partial charge in [0.2, 0.25) is 0 Å². The van der Waals surface area contributed by atoms with E-state index in [1.165, 1.54) is 0 Å². The van der Waals surface area contributed by atoms with Crippen LogP contribution in [0.15, 0.2) is 0 Å². The van der Waals surface area contributed by atoms with E-state index in [1.54, 1.807) is 0 Å². The van der Waals surface area contributed by atoms with E-state index in [0.717, 1.165) is 0 Å². The molecule has 0 spiro atoms. The topological polar surface area (TPSA) is 199 Å². The molecule has 88 valence electrons. The first kappa shape index (κ1) is 29.3. The second-order valence-corrected chi connectivity index (χ2v) is 0.671. The van der Waals surface area contributed by atoms with Crippen LogP contribution in [0.5, 0.6) is 0 Å². The molecule has 0 aliphatic heterocycles. The van der Waals surface area contributed by atoms with E-state index >= 15 is 0 Å². The minimum absolute atomic E-state index is 0. The Bertz CT molecular complexity index is 118. The molecule has 0 atom stereocenters. The Hall–Kier alpha value is -1.14. The van der Waals surface area contributed by atoms with Gasteiger partial charge in [0.25, 0.3) is 0 Å². The van der Waals surface area contributed by atoms with E-state index in [0.29, 0.717) is 0 Å². The molecule has 0 bridgehead atoms. The predicted molar refractivity (Wildman–Crippen MR) is 31.1 cm³/mol. The predicted octanol–water partition coefficient (Wildman–Crippen LogP) is -0.722. The number of rotatable bonds is 0. The van der Waals surface area contributed by atoms with Gasteiger partial charge in [-0.1, -0.05) is 0 Å². The molecule has 0 N–H and O–H groups in total. The molecular weight excluding hydrogens is 350 g/mol. The van der Waals surface area contributed by atoms with Gasteiger partial charge in [0, 0.05) is 0 Å². The van der Waals surface area contributed by atoms with E-state index in [1.807, 2.05) is 0 Å². The van der Waals surface area contributed by atoms with Gasteiger partial charge in [0.15, 0.2) is 0 Å². The quantitative estimate of drug-likeness (QED) is 0.307. The van der Waals surface area contributed by atoms with Gasteiger partial charge < -0.3 is 46.0 Å². The van der Waals surface area contributed by atoms with Crippen LogP contribution in [0.4, 0.5) is 0 Å². The molecule has 0 aromatic carbocycles. The minimum Gasteiger partial charge on any atom is -0.356 e. The zero-order chi connectivity index (χ0) is 10.7. The Labute approximate surface area is 101 Å². The van der Waals surface area contributed by atoms with Crippen molar-refractivity contribution in [3.63, 3.8) is 0 Å². The summed E-state index contributed by atoms with van der Waals surface area (Å²) in [6, 6.07) is 0. The zero-order valence-electron chi connectivity index (χ0n) is 5.67. The first-order valence-electron chi connectivity index (χ1n) is 1.64. The summed E-state index contributed by atoms with van der Waals surface area (Å²) in [5.41, 5.74) is 0. The van der Waals surface area contributed by atoms with Crippen molar-refractivity contribution in [1.29, 1.82) is 0 Å². The summed E-state index contributed by atoms with van der Waals surface area (Å²) in [4.78, 5) is 24.8. The maximum Gasteiger partial charge on any atom is 2.00 e. The van der Waals surface area contributed by atoms with Gasteiger partial charge in [-0.2, -0.15) is 0 Å². The molecule has 0 aliphatic carbocycles. The third-order valence-electron chi connectivity index (χ3n) is 0. The molecule has 0 radical (unpaired) electrons. The summed E-state index contributed by atoms with van der Waals surface area (Å²) in [7, 11) is 0. The summed E-state index contributed by atoms with van der Waals surface area (Å²) in [6.45, 7) is 0. The molecule has 0 saturated carbocycles. The van der Waals surface area contributed by atoms with Crippen LogP contribution in [0.1, 0.15) is 0 Å². The second-order valence-electron chi connectivity index (χ2n) is 0.671. The van der Waals surface area contributed by atoms with Crippen LogP contribution in [-0.2, 0) is 39.4 Å². The first-order valence-corrected chi connectivity index (χ1v) is 1.64. The Morgan fingerprint density at radius 2 is 0.571 bits per heavy atom. The average molecular weight is 350 g/mol. The van der Waals surface area contributed by atoms with Crippen molar-refractivity contribution in [3.05, 3.63) is 46.0 Å². The average Bonchev–Trinajstić information content (AvgIpc) is 1.54. The zero-order valence-corrected chi connectivity index (χ0v) is 8.26. The maximum absolute atomic E-state index is 8.25. The van der Waals surface area contributed by atoms with Crippen molar-refractivity contribution in [2.24, 2.45) is 0 Å². The van der Waals surface area contributed by atoms with Gasteiger partial charge in [-0.05, 0) is 0 Å². The fourth-order valence-corrected chi connectivity index (χ4v) is 0. The molecule has 0 amide bonds. The second kappa shape index (κ2) is 22.6. The Morgan fingerprint density at radius 3 is 0.571 bits per heavy atom. The van der Waals surface area contributed by atoms with Crippen LogP contribution in [0, 0.1) is 46.0 Å². The van der Waals surface area contributed by atoms with Crippen LogP contribution >= 0.6 is 0 Å². The molecule has 0 unspecified atom stereocenters. The fourth-order valence-electron chi connectivity index (χ4n) is 0. The minimum atomic E-state index is -1.75. The number of hydrogen-bond donors (Lipinski definition) is 0. The van der Waals surface area contributed by atoms with Crippen LogP contribution in [-0.4, -0.2) is 15.3 Å². The molecule has 0 fully saturated rings. The van der Waals surface area contributed by atoms with Gasteiger partial charge in [-0.15, -0.1) is 0 Å². The molecule has 0 aromatic rings. The molecule has 14 heavy (non-hydrogen) atoms. The van der Waals surface area contributed by atoms with E-state index in [4.69, 9.17) is 46.0 Å². The van der Waals surface area contributed by atoms with E-state index in [2.05, 4.69) is 0 Å². The van der Waals surface area contributed by atoms with E-state index in [-0.39, 0.29) is 39.4 Å². The van der Waals surface area contributed by atoms with Gasteiger partial charge in [0.05, 0.1) is 15.3 Å². The molecule has 0 aliphatic rings. The molecular formula is AgFeN3O9. The van der Waals surface area contributed by atoms with Gasteiger partial charge >= 0.3 is 39.4 Å². The Balaban J connectivity index is -0.0000000270. The van der Waals surface area contributed by atoms with Gasteiger partial charge in [-0.3, -0.25) is 0 Å². The van der Waals surface area contributed by atoms with E-state index in [9.17, 15) is 0 Å². The SMILES string of the molecule is O=[N+]([O-])[O-].O=[N+]([O-])[O-].O=[N+]([O-])[O-].[Ag+].[Fe+2]. The summed E-state index contributed by atoms with van der Waals surface area (Å²) >= 11 is 0. The van der Waals surface area contributed by atoms with Crippen molar-refractivity contribution >= 4 is 0 Å². The van der Waals surface area contributed by atoms with Crippen LogP contribution in [0.3, 0.4) is 0 Å². The van der Waals surface area contributed by atoms with Gasteiger partial charge in [0.1, 0.15) is 0 Å². The smallest absolute Gasteiger partial charge is 0.356 e. The van der Waals surface area contributed by atoms with Crippen LogP contribution < -0.4 is 0 Å². The fraction of sp³-hybridized carbons (Fsp3) is 0. The van der Waals surface area contributed by atoms with E-state index < -0.39 is 15.3 Å². The first-order chi connectivity index (χ1) is 5.20. The molecule has 0 heterocycles. The molecule has 0 rings (SSSR count). The third-order valence-corrected chi connectivity index (χ3v) is 0. The third kappa shape index (κ3) is 812. The normalized spacial score (nSPS) is 5.14. The van der Waals surface area contributed by atoms with Crippen molar-refractivity contribution < 1.29 is 54.7 Å². The maximum atomic E-state index is 8.25. The Morgan fingerprint density at radius 1 is 0.571 bits per heavy atom. The van der Waals surface area contributed by atoms with Crippen molar-refractivity contribution in [1.82, 2.24) is 0 Å². The molecule has 0 aromatic heterocycles. The molecule has 14 heteroatoms. The molecule has 0 saturated heterocycles. The summed E-state index contributed by atoms with van der Waals surface area (Å²) in [5.74, 6) is 0. The number of hydrogen-bond acceptors (Lipinski definition) is 9. The van der Waals surface area contributed by atoms with Crippen LogP contribution in [0.25, 0.3) is 0 Å². The largest absolute Gasteiger partial charge is 2.00 e.